The van der Waals surface area contributed by atoms with Crippen molar-refractivity contribution in [3.63, 3.8) is 0 Å². The molecule has 0 bridgehead atoms. The molecule has 0 aliphatic rings. The molecule has 0 fully saturated rings. The van der Waals surface area contributed by atoms with Crippen molar-refractivity contribution in [2.45, 2.75) is 24.4 Å². The summed E-state index contributed by atoms with van der Waals surface area (Å²) < 4.78 is -1.32. The molecule has 6 nitrogen and oxygen atoms in total. The van der Waals surface area contributed by atoms with Gasteiger partial charge in [-0.1, -0.05) is 0 Å². The predicted molar refractivity (Wildman–Crippen MR) is 45.5 cm³/mol. The van der Waals surface area contributed by atoms with Crippen LogP contribution in [0.3, 0.4) is 0 Å². The van der Waals surface area contributed by atoms with Gasteiger partial charge in [-0.05, 0) is 0 Å². The number of rotatable bonds is 5. The van der Waals surface area contributed by atoms with Gasteiger partial charge < -0.3 is 0 Å². The van der Waals surface area contributed by atoms with Crippen LogP contribution in [-0.2, 0) is 9.59 Å². The molecule has 0 aromatic heterocycles. The molecule has 14 heavy (non-hydrogen) atoms. The van der Waals surface area contributed by atoms with Crippen molar-refractivity contribution in [1.29, 1.82) is 0 Å². The second kappa shape index (κ2) is 6.38. The standard InChI is InChI=1S/C6H8O6.2Sn/c7-1-3(9)5(11)6(12)4(10)2-8;;/h3-6,9-12H;;. The summed E-state index contributed by atoms with van der Waals surface area (Å²) in [5, 5.41) is 36.4. The average Bonchev–Trinajstić information content (AvgIpc) is 2.12. The summed E-state index contributed by atoms with van der Waals surface area (Å²) in [7, 11) is 0. The molecule has 4 N–H and O–H groups in total. The Morgan fingerprint density at radius 3 is 1.14 bits per heavy atom. The van der Waals surface area contributed by atoms with E-state index in [0.29, 0.717) is 45.0 Å². The van der Waals surface area contributed by atoms with Gasteiger partial charge in [-0.3, -0.25) is 0 Å². The third-order valence-electron chi connectivity index (χ3n) is 1.53. The van der Waals surface area contributed by atoms with E-state index >= 15 is 0 Å². The van der Waals surface area contributed by atoms with Gasteiger partial charge in [-0.2, -0.15) is 0 Å². The monoisotopic (exact) mass is 416 g/mol. The Labute approximate surface area is 106 Å². The van der Waals surface area contributed by atoms with Gasteiger partial charge in [0.1, 0.15) is 0 Å². The normalized spacial score (nSPS) is 19.6. The summed E-state index contributed by atoms with van der Waals surface area (Å²) in [5.74, 6) is 0. The molecule has 0 saturated carbocycles. The molecule has 0 aliphatic heterocycles. The molecule has 76 valence electrons. The van der Waals surface area contributed by atoms with E-state index in [4.69, 9.17) is 20.4 Å². The maximum absolute atomic E-state index is 10.6. The van der Waals surface area contributed by atoms with Crippen LogP contribution in [0.5, 0.6) is 0 Å². The SMILES string of the molecule is O=[C]([Sn])C(O)C(O)C(O)C(O)[C](=O)[Sn]. The number of carbonyl (C=O) groups is 2. The Morgan fingerprint density at radius 2 is 1.00 bits per heavy atom. The third kappa shape index (κ3) is 4.11. The molecule has 8 heteroatoms. The topological polar surface area (TPSA) is 115 Å². The molecule has 0 spiro atoms. The van der Waals surface area contributed by atoms with Gasteiger partial charge in [-0.15, -0.1) is 0 Å². The first-order valence-electron chi connectivity index (χ1n) is 3.52. The van der Waals surface area contributed by atoms with Gasteiger partial charge in [0.05, 0.1) is 0 Å². The van der Waals surface area contributed by atoms with E-state index in [1.807, 2.05) is 0 Å². The Hall–Kier alpha value is 0.777. The van der Waals surface area contributed by atoms with E-state index < -0.39 is 32.0 Å². The van der Waals surface area contributed by atoms with E-state index in [1.165, 1.54) is 0 Å². The Morgan fingerprint density at radius 1 is 0.786 bits per heavy atom. The van der Waals surface area contributed by atoms with Crippen LogP contribution in [0.15, 0.2) is 0 Å². The fourth-order valence-electron chi connectivity index (χ4n) is 0.684. The molecule has 4 atom stereocenters. The second-order valence-corrected chi connectivity index (χ2v) is 5.41. The Bertz CT molecular complexity index is 208. The number of hydrogen-bond donors (Lipinski definition) is 4. The Kier molecular flexibility index (Phi) is 6.73. The van der Waals surface area contributed by atoms with Gasteiger partial charge >= 0.3 is 107 Å². The molecule has 0 rings (SSSR count). The van der Waals surface area contributed by atoms with Gasteiger partial charge in [0, 0.05) is 0 Å². The minimum atomic E-state index is -1.83. The summed E-state index contributed by atoms with van der Waals surface area (Å²) in [4.78, 5) is 21.3. The number of aliphatic hydroxyl groups excluding tert-OH is 4. The molecule has 0 aliphatic carbocycles. The van der Waals surface area contributed by atoms with Crippen molar-refractivity contribution in [2.75, 3.05) is 0 Å². The van der Waals surface area contributed by atoms with E-state index in [0.717, 1.165) is 0 Å². The molecule has 0 aromatic rings. The summed E-state index contributed by atoms with van der Waals surface area (Å²) in [6.07, 6.45) is -7.18. The van der Waals surface area contributed by atoms with Crippen LogP contribution in [0.4, 0.5) is 0 Å². The van der Waals surface area contributed by atoms with Gasteiger partial charge in [-0.25, -0.2) is 0 Å². The van der Waals surface area contributed by atoms with Crippen LogP contribution in [0.25, 0.3) is 0 Å². The first-order valence-corrected chi connectivity index (χ1v) is 6.37. The van der Waals surface area contributed by atoms with E-state index in [1.54, 1.807) is 0 Å². The molecule has 0 amide bonds. The van der Waals surface area contributed by atoms with Crippen LogP contribution in [-0.4, -0.2) is 97.5 Å². The predicted octanol–water partition coefficient (Wildman–Crippen LogP) is -4.18. The number of carbonyl (C=O) groups excluding carboxylic acids is 2. The van der Waals surface area contributed by atoms with Crippen molar-refractivity contribution in [2.24, 2.45) is 0 Å². The first-order chi connectivity index (χ1) is 6.29. The zero-order valence-corrected chi connectivity index (χ0v) is 12.6. The van der Waals surface area contributed by atoms with Crippen LogP contribution in [0.1, 0.15) is 0 Å². The second-order valence-electron chi connectivity index (χ2n) is 2.60. The van der Waals surface area contributed by atoms with E-state index in [-0.39, 0.29) is 0 Å². The van der Waals surface area contributed by atoms with E-state index in [9.17, 15) is 9.59 Å². The van der Waals surface area contributed by atoms with Crippen molar-refractivity contribution >= 4 is 52.6 Å². The van der Waals surface area contributed by atoms with Crippen LogP contribution in [0.2, 0.25) is 0 Å². The van der Waals surface area contributed by atoms with Crippen molar-refractivity contribution < 1.29 is 30.0 Å². The van der Waals surface area contributed by atoms with Gasteiger partial charge in [0.15, 0.2) is 0 Å². The van der Waals surface area contributed by atoms with Crippen molar-refractivity contribution in [3.05, 3.63) is 0 Å². The minimum absolute atomic E-state index is 0.371. The first kappa shape index (κ1) is 14.8. The van der Waals surface area contributed by atoms with Gasteiger partial charge in [0.25, 0.3) is 0 Å². The summed E-state index contributed by atoms with van der Waals surface area (Å²) in [6.45, 7) is 0. The zero-order valence-electron chi connectivity index (χ0n) is 6.91. The molecule has 4 unspecified atom stereocenters. The summed E-state index contributed by atoms with van der Waals surface area (Å²) >= 11 is 0.741. The van der Waals surface area contributed by atoms with Gasteiger partial charge in [0.2, 0.25) is 0 Å². The van der Waals surface area contributed by atoms with E-state index in [2.05, 4.69) is 0 Å². The Balaban J connectivity index is 4.45. The fraction of sp³-hybridized carbons (Fsp3) is 0.667. The van der Waals surface area contributed by atoms with Crippen LogP contribution < -0.4 is 0 Å². The molecule has 0 aromatic carbocycles. The summed E-state index contributed by atoms with van der Waals surface area (Å²) in [6, 6.07) is 0. The maximum atomic E-state index is 10.6. The molecule has 0 heterocycles. The van der Waals surface area contributed by atoms with Crippen molar-refractivity contribution in [3.8, 4) is 0 Å². The number of hydrogen-bond acceptors (Lipinski definition) is 6. The average molecular weight is 414 g/mol. The van der Waals surface area contributed by atoms with Crippen LogP contribution >= 0.6 is 0 Å². The molecule has 0 saturated heterocycles. The number of aliphatic hydroxyl groups is 4. The molecular weight excluding hydrogens is 405 g/mol. The van der Waals surface area contributed by atoms with Crippen molar-refractivity contribution in [1.82, 2.24) is 0 Å². The quantitative estimate of drug-likeness (QED) is 0.340. The zero-order chi connectivity index (χ0) is 11.5. The third-order valence-corrected chi connectivity index (χ3v) is 3.22. The fourth-order valence-corrected chi connectivity index (χ4v) is 1.66. The molecular formula is C6H8O6Sn2. The van der Waals surface area contributed by atoms with Crippen LogP contribution in [0, 0.1) is 0 Å². The molecule has 6 radical (unpaired) electrons. The summed E-state index contributed by atoms with van der Waals surface area (Å²) in [5.41, 5.74) is 0.